The Kier molecular flexibility index (Phi) is 4.70. The number of carbonyl (C=O) groups excluding carboxylic acids is 1. The SMILES string of the molecule is C[C@H](NC(=O)C=Cc1csc(Br)c1)C(=O)O. The summed E-state index contributed by atoms with van der Waals surface area (Å²) in [5.74, 6) is -1.47. The molecular weight excluding hydrogens is 294 g/mol. The van der Waals surface area contributed by atoms with Crippen LogP contribution in [-0.2, 0) is 9.59 Å². The van der Waals surface area contributed by atoms with Crippen molar-refractivity contribution < 1.29 is 14.7 Å². The van der Waals surface area contributed by atoms with Gasteiger partial charge in [0.25, 0.3) is 0 Å². The molecule has 1 rings (SSSR count). The predicted octanol–water partition coefficient (Wildman–Crippen LogP) is 2.11. The van der Waals surface area contributed by atoms with E-state index in [2.05, 4.69) is 21.2 Å². The predicted molar refractivity (Wildman–Crippen MR) is 66.3 cm³/mol. The van der Waals surface area contributed by atoms with E-state index < -0.39 is 17.9 Å². The van der Waals surface area contributed by atoms with Gasteiger partial charge in [-0.3, -0.25) is 9.59 Å². The van der Waals surface area contributed by atoms with Gasteiger partial charge in [-0.1, -0.05) is 0 Å². The quantitative estimate of drug-likeness (QED) is 0.837. The van der Waals surface area contributed by atoms with Crippen LogP contribution in [0.5, 0.6) is 0 Å². The Morgan fingerprint density at radius 3 is 2.81 bits per heavy atom. The summed E-state index contributed by atoms with van der Waals surface area (Å²) >= 11 is 4.82. The summed E-state index contributed by atoms with van der Waals surface area (Å²) in [5, 5.41) is 12.8. The molecule has 4 nitrogen and oxygen atoms in total. The zero-order valence-electron chi connectivity index (χ0n) is 8.44. The maximum atomic E-state index is 11.3. The van der Waals surface area contributed by atoms with Gasteiger partial charge in [-0.2, -0.15) is 0 Å². The first-order valence-corrected chi connectivity index (χ1v) is 6.11. The van der Waals surface area contributed by atoms with Crippen molar-refractivity contribution in [2.75, 3.05) is 0 Å². The molecule has 1 atom stereocenters. The van der Waals surface area contributed by atoms with Gasteiger partial charge in [-0.15, -0.1) is 11.3 Å². The van der Waals surface area contributed by atoms with E-state index in [1.165, 1.54) is 24.3 Å². The number of carbonyl (C=O) groups is 2. The third kappa shape index (κ3) is 4.16. The summed E-state index contributed by atoms with van der Waals surface area (Å²) in [6.45, 7) is 1.41. The third-order valence-corrected chi connectivity index (χ3v) is 3.27. The zero-order chi connectivity index (χ0) is 12.1. The van der Waals surface area contributed by atoms with Crippen LogP contribution in [0.25, 0.3) is 6.08 Å². The number of hydrogen-bond acceptors (Lipinski definition) is 3. The molecule has 1 amide bonds. The summed E-state index contributed by atoms with van der Waals surface area (Å²) in [6, 6.07) is 0.987. The van der Waals surface area contributed by atoms with Crippen LogP contribution in [0, 0.1) is 0 Å². The van der Waals surface area contributed by atoms with Crippen LogP contribution in [-0.4, -0.2) is 23.0 Å². The number of nitrogens with one attached hydrogen (secondary N) is 1. The van der Waals surface area contributed by atoms with Crippen molar-refractivity contribution in [2.45, 2.75) is 13.0 Å². The second kappa shape index (κ2) is 5.81. The van der Waals surface area contributed by atoms with Gasteiger partial charge in [0.05, 0.1) is 3.79 Å². The second-order valence-electron chi connectivity index (χ2n) is 3.09. The molecule has 6 heteroatoms. The van der Waals surface area contributed by atoms with Gasteiger partial charge in [0.1, 0.15) is 6.04 Å². The number of rotatable bonds is 4. The van der Waals surface area contributed by atoms with Crippen molar-refractivity contribution in [3.8, 4) is 0 Å². The fourth-order valence-corrected chi connectivity index (χ4v) is 2.05. The minimum Gasteiger partial charge on any atom is -0.480 e. The van der Waals surface area contributed by atoms with Gasteiger partial charge < -0.3 is 10.4 Å². The van der Waals surface area contributed by atoms with E-state index in [1.807, 2.05) is 11.4 Å². The highest BCUT2D eigenvalue weighted by Gasteiger charge is 2.11. The monoisotopic (exact) mass is 303 g/mol. The molecule has 1 aromatic rings. The minimum absolute atomic E-state index is 0.419. The molecule has 0 saturated heterocycles. The van der Waals surface area contributed by atoms with Crippen molar-refractivity contribution in [3.05, 3.63) is 26.9 Å². The van der Waals surface area contributed by atoms with Crippen LogP contribution in [0.1, 0.15) is 12.5 Å². The van der Waals surface area contributed by atoms with Gasteiger partial charge in [-0.25, -0.2) is 0 Å². The Balaban J connectivity index is 2.51. The largest absolute Gasteiger partial charge is 0.480 e. The molecule has 0 spiro atoms. The molecule has 1 aromatic heterocycles. The van der Waals surface area contributed by atoms with Crippen molar-refractivity contribution in [1.82, 2.24) is 5.32 Å². The lowest BCUT2D eigenvalue weighted by Gasteiger charge is -2.05. The fourth-order valence-electron chi connectivity index (χ4n) is 0.906. The van der Waals surface area contributed by atoms with Crippen LogP contribution in [0.3, 0.4) is 0 Å². The highest BCUT2D eigenvalue weighted by molar-refractivity contribution is 9.11. The Bertz CT molecular complexity index is 427. The smallest absolute Gasteiger partial charge is 0.325 e. The van der Waals surface area contributed by atoms with Crippen LogP contribution >= 0.6 is 27.3 Å². The van der Waals surface area contributed by atoms with Crippen LogP contribution in [0.4, 0.5) is 0 Å². The molecule has 0 aromatic carbocycles. The normalized spacial score (nSPS) is 12.6. The molecule has 2 N–H and O–H groups in total. The highest BCUT2D eigenvalue weighted by Crippen LogP contribution is 2.21. The standard InChI is InChI=1S/C10H10BrNO3S/c1-6(10(14)15)12-9(13)3-2-7-4-8(11)16-5-7/h2-6H,1H3,(H,12,13)(H,14,15)/t6-/m0/s1. The van der Waals surface area contributed by atoms with Crippen molar-refractivity contribution in [1.29, 1.82) is 0 Å². The number of amides is 1. The number of carboxylic acid groups (broad SMARTS) is 1. The number of hydrogen-bond donors (Lipinski definition) is 2. The molecule has 0 aliphatic rings. The second-order valence-corrected chi connectivity index (χ2v) is 5.38. The molecule has 0 fully saturated rings. The summed E-state index contributed by atoms with van der Waals surface area (Å²) in [4.78, 5) is 21.7. The Morgan fingerprint density at radius 2 is 2.31 bits per heavy atom. The maximum Gasteiger partial charge on any atom is 0.325 e. The lowest BCUT2D eigenvalue weighted by Crippen LogP contribution is -2.37. The summed E-state index contributed by atoms with van der Waals surface area (Å²) < 4.78 is 0.978. The average molecular weight is 304 g/mol. The summed E-state index contributed by atoms with van der Waals surface area (Å²) in [5.41, 5.74) is 0.898. The van der Waals surface area contributed by atoms with E-state index >= 15 is 0 Å². The number of thiophene rings is 1. The first-order valence-electron chi connectivity index (χ1n) is 4.44. The van der Waals surface area contributed by atoms with E-state index in [1.54, 1.807) is 6.08 Å². The van der Waals surface area contributed by atoms with Gasteiger partial charge in [-0.05, 0) is 45.9 Å². The number of aliphatic carboxylic acids is 1. The topological polar surface area (TPSA) is 66.4 Å². The molecule has 0 radical (unpaired) electrons. The van der Waals surface area contributed by atoms with Crippen molar-refractivity contribution in [2.24, 2.45) is 0 Å². The molecule has 16 heavy (non-hydrogen) atoms. The molecule has 0 bridgehead atoms. The van der Waals surface area contributed by atoms with E-state index in [4.69, 9.17) is 5.11 Å². The first-order chi connectivity index (χ1) is 7.49. The van der Waals surface area contributed by atoms with Gasteiger partial charge in [0.15, 0.2) is 0 Å². The van der Waals surface area contributed by atoms with E-state index in [-0.39, 0.29) is 0 Å². The average Bonchev–Trinajstić information content (AvgIpc) is 2.61. The molecule has 1 heterocycles. The molecule has 86 valence electrons. The van der Waals surface area contributed by atoms with Gasteiger partial charge in [0.2, 0.25) is 5.91 Å². The number of halogens is 1. The highest BCUT2D eigenvalue weighted by atomic mass is 79.9. The minimum atomic E-state index is -1.06. The van der Waals surface area contributed by atoms with E-state index in [9.17, 15) is 9.59 Å². The van der Waals surface area contributed by atoms with Gasteiger partial charge >= 0.3 is 5.97 Å². The Hall–Kier alpha value is -1.14. The zero-order valence-corrected chi connectivity index (χ0v) is 10.8. The molecule has 0 saturated carbocycles. The molecule has 0 aliphatic heterocycles. The van der Waals surface area contributed by atoms with E-state index in [0.29, 0.717) is 0 Å². The maximum absolute atomic E-state index is 11.3. The Morgan fingerprint density at radius 1 is 1.62 bits per heavy atom. The lowest BCUT2D eigenvalue weighted by atomic mass is 10.3. The van der Waals surface area contributed by atoms with Crippen LogP contribution in [0.2, 0.25) is 0 Å². The first kappa shape index (κ1) is 12.9. The molecule has 0 aliphatic carbocycles. The molecule has 0 unspecified atom stereocenters. The summed E-state index contributed by atoms with van der Waals surface area (Å²) in [6.07, 6.45) is 2.94. The van der Waals surface area contributed by atoms with Crippen LogP contribution < -0.4 is 5.32 Å². The Labute approximate surface area is 105 Å². The lowest BCUT2D eigenvalue weighted by molar-refractivity contribution is -0.140. The number of carboxylic acids is 1. The van der Waals surface area contributed by atoms with Crippen molar-refractivity contribution in [3.63, 3.8) is 0 Å². The molecular formula is C10H10BrNO3S. The van der Waals surface area contributed by atoms with Crippen LogP contribution in [0.15, 0.2) is 21.3 Å². The van der Waals surface area contributed by atoms with E-state index in [0.717, 1.165) is 9.35 Å². The third-order valence-electron chi connectivity index (χ3n) is 1.74. The van der Waals surface area contributed by atoms with Gasteiger partial charge in [0, 0.05) is 6.08 Å². The van der Waals surface area contributed by atoms with Crippen molar-refractivity contribution >= 4 is 45.2 Å². The summed E-state index contributed by atoms with van der Waals surface area (Å²) in [7, 11) is 0. The fraction of sp³-hybridized carbons (Fsp3) is 0.200.